The second kappa shape index (κ2) is 5.17. The van der Waals surface area contributed by atoms with Gasteiger partial charge >= 0.3 is 5.97 Å². The normalized spacial score (nSPS) is 21.1. The number of carboxylic acid groups (broad SMARTS) is 1. The Hall–Kier alpha value is -1.84. The van der Waals surface area contributed by atoms with Crippen LogP contribution < -0.4 is 5.32 Å². The molecule has 0 heterocycles. The Balaban J connectivity index is 1.63. The predicted octanol–water partition coefficient (Wildman–Crippen LogP) is 2.38. The zero-order chi connectivity index (χ0) is 14.9. The third kappa shape index (κ3) is 2.67. The minimum atomic E-state index is -0.784. The molecule has 2 N–H and O–H groups in total. The number of hydrogen-bond donors (Lipinski definition) is 2. The first-order valence-corrected chi connectivity index (χ1v) is 7.62. The lowest BCUT2D eigenvalue weighted by Crippen LogP contribution is -2.49. The molecule has 0 atom stereocenters. The Bertz CT molecular complexity index is 544. The summed E-state index contributed by atoms with van der Waals surface area (Å²) in [6.45, 7) is 0.276. The number of carboxylic acids is 1. The summed E-state index contributed by atoms with van der Waals surface area (Å²) in [6.07, 6.45) is 4.97. The van der Waals surface area contributed by atoms with Gasteiger partial charge < -0.3 is 10.4 Å². The summed E-state index contributed by atoms with van der Waals surface area (Å²) in [5.74, 6) is -0.751. The number of aliphatic carboxylic acids is 1. The van der Waals surface area contributed by atoms with E-state index in [9.17, 15) is 14.7 Å². The van der Waals surface area contributed by atoms with Gasteiger partial charge in [-0.25, -0.2) is 0 Å². The zero-order valence-electron chi connectivity index (χ0n) is 12.1. The zero-order valence-corrected chi connectivity index (χ0v) is 12.1. The van der Waals surface area contributed by atoms with Gasteiger partial charge in [0.25, 0.3) is 0 Å². The summed E-state index contributed by atoms with van der Waals surface area (Å²) in [6, 6.07) is 10.0. The molecule has 0 unspecified atom stereocenters. The summed E-state index contributed by atoms with van der Waals surface area (Å²) in [5.41, 5.74) is 0.162. The molecular formula is C17H21NO3. The van der Waals surface area contributed by atoms with E-state index in [0.717, 1.165) is 25.7 Å². The molecule has 4 nitrogen and oxygen atoms in total. The standard InChI is InChI=1S/C17H21NO3/c19-14(18-12-17(9-10-17)15(20)21)16(7-4-8-16)11-13-5-2-1-3-6-13/h1-3,5-6H,4,7-12H2,(H,18,19)(H,20,21). The van der Waals surface area contributed by atoms with Crippen molar-refractivity contribution in [1.82, 2.24) is 5.32 Å². The molecule has 4 heteroatoms. The number of carbonyl (C=O) groups excluding carboxylic acids is 1. The average Bonchev–Trinajstić information content (AvgIpc) is 3.23. The SMILES string of the molecule is O=C(O)C1(CNC(=O)C2(Cc3ccccc3)CCC2)CC1. The van der Waals surface area contributed by atoms with Gasteiger partial charge in [0, 0.05) is 6.54 Å². The van der Waals surface area contributed by atoms with Crippen LogP contribution in [0.3, 0.4) is 0 Å². The van der Waals surface area contributed by atoms with E-state index in [1.807, 2.05) is 30.3 Å². The number of nitrogens with one attached hydrogen (secondary N) is 1. The van der Waals surface area contributed by atoms with Crippen LogP contribution in [0, 0.1) is 10.8 Å². The minimum absolute atomic E-state index is 0.0325. The van der Waals surface area contributed by atoms with Crippen molar-refractivity contribution in [3.63, 3.8) is 0 Å². The van der Waals surface area contributed by atoms with Crippen LogP contribution >= 0.6 is 0 Å². The van der Waals surface area contributed by atoms with Crippen molar-refractivity contribution >= 4 is 11.9 Å². The molecule has 112 valence electrons. The molecule has 0 aliphatic heterocycles. The number of carbonyl (C=O) groups is 2. The monoisotopic (exact) mass is 287 g/mol. The lowest BCUT2D eigenvalue weighted by Gasteiger charge is -2.40. The van der Waals surface area contributed by atoms with Gasteiger partial charge in [0.2, 0.25) is 5.91 Å². The molecular weight excluding hydrogens is 266 g/mol. The summed E-state index contributed by atoms with van der Waals surface area (Å²) in [7, 11) is 0. The summed E-state index contributed by atoms with van der Waals surface area (Å²) >= 11 is 0. The predicted molar refractivity (Wildman–Crippen MR) is 78.7 cm³/mol. The molecule has 0 radical (unpaired) electrons. The van der Waals surface area contributed by atoms with Gasteiger partial charge in [0.1, 0.15) is 0 Å². The average molecular weight is 287 g/mol. The van der Waals surface area contributed by atoms with Crippen LogP contribution in [0.1, 0.15) is 37.7 Å². The number of benzene rings is 1. The largest absolute Gasteiger partial charge is 0.481 e. The van der Waals surface area contributed by atoms with Crippen molar-refractivity contribution < 1.29 is 14.7 Å². The van der Waals surface area contributed by atoms with Crippen molar-refractivity contribution in [2.45, 2.75) is 38.5 Å². The molecule has 1 amide bonds. The fourth-order valence-electron chi connectivity index (χ4n) is 3.13. The number of hydrogen-bond acceptors (Lipinski definition) is 2. The third-order valence-electron chi connectivity index (χ3n) is 5.07. The first-order chi connectivity index (χ1) is 10.1. The molecule has 0 bridgehead atoms. The van der Waals surface area contributed by atoms with Gasteiger partial charge in [-0.2, -0.15) is 0 Å². The second-order valence-electron chi connectivity index (χ2n) is 6.56. The molecule has 0 saturated heterocycles. The Labute approximate surface area is 124 Å². The van der Waals surface area contributed by atoms with Crippen LogP contribution in [0.4, 0.5) is 0 Å². The van der Waals surface area contributed by atoms with Crippen molar-refractivity contribution in [1.29, 1.82) is 0 Å². The molecule has 2 aliphatic rings. The molecule has 2 saturated carbocycles. The smallest absolute Gasteiger partial charge is 0.311 e. The third-order valence-corrected chi connectivity index (χ3v) is 5.07. The van der Waals surface area contributed by atoms with Gasteiger partial charge in [-0.15, -0.1) is 0 Å². The Morgan fingerprint density at radius 3 is 2.19 bits per heavy atom. The highest BCUT2D eigenvalue weighted by atomic mass is 16.4. The Kier molecular flexibility index (Phi) is 3.47. The number of rotatable bonds is 6. The summed E-state index contributed by atoms with van der Waals surface area (Å²) in [5, 5.41) is 12.1. The van der Waals surface area contributed by atoms with Crippen LogP contribution in [0.5, 0.6) is 0 Å². The van der Waals surface area contributed by atoms with Gasteiger partial charge in [0.05, 0.1) is 10.8 Å². The molecule has 21 heavy (non-hydrogen) atoms. The quantitative estimate of drug-likeness (QED) is 0.844. The second-order valence-corrected chi connectivity index (χ2v) is 6.56. The Morgan fingerprint density at radius 1 is 1.05 bits per heavy atom. The lowest BCUT2D eigenvalue weighted by atomic mass is 9.64. The van der Waals surface area contributed by atoms with Gasteiger partial charge in [-0.05, 0) is 37.7 Å². The molecule has 1 aromatic rings. The molecule has 2 aliphatic carbocycles. The highest BCUT2D eigenvalue weighted by Gasteiger charge is 2.51. The van der Waals surface area contributed by atoms with E-state index in [0.29, 0.717) is 12.8 Å². The maximum atomic E-state index is 12.5. The van der Waals surface area contributed by atoms with Crippen LogP contribution in [-0.2, 0) is 16.0 Å². The van der Waals surface area contributed by atoms with E-state index >= 15 is 0 Å². The van der Waals surface area contributed by atoms with Gasteiger partial charge in [-0.3, -0.25) is 9.59 Å². The van der Waals surface area contributed by atoms with E-state index < -0.39 is 11.4 Å². The minimum Gasteiger partial charge on any atom is -0.481 e. The van der Waals surface area contributed by atoms with E-state index in [4.69, 9.17) is 0 Å². The maximum Gasteiger partial charge on any atom is 0.311 e. The first kappa shape index (κ1) is 14.1. The van der Waals surface area contributed by atoms with Crippen LogP contribution in [-0.4, -0.2) is 23.5 Å². The van der Waals surface area contributed by atoms with Crippen molar-refractivity contribution in [3.8, 4) is 0 Å². The van der Waals surface area contributed by atoms with Crippen molar-refractivity contribution in [2.75, 3.05) is 6.54 Å². The fourth-order valence-corrected chi connectivity index (χ4v) is 3.13. The number of amides is 1. The first-order valence-electron chi connectivity index (χ1n) is 7.62. The molecule has 3 rings (SSSR count). The topological polar surface area (TPSA) is 66.4 Å². The molecule has 0 aromatic heterocycles. The molecule has 1 aromatic carbocycles. The molecule has 0 spiro atoms. The van der Waals surface area contributed by atoms with Crippen LogP contribution in [0.25, 0.3) is 0 Å². The van der Waals surface area contributed by atoms with E-state index in [-0.39, 0.29) is 17.9 Å². The highest BCUT2D eigenvalue weighted by molar-refractivity contribution is 5.85. The maximum absolute atomic E-state index is 12.5. The van der Waals surface area contributed by atoms with Gasteiger partial charge in [0.15, 0.2) is 0 Å². The van der Waals surface area contributed by atoms with E-state index in [2.05, 4.69) is 5.32 Å². The highest BCUT2D eigenvalue weighted by Crippen LogP contribution is 2.47. The van der Waals surface area contributed by atoms with E-state index in [1.165, 1.54) is 5.56 Å². The van der Waals surface area contributed by atoms with Gasteiger partial charge in [-0.1, -0.05) is 36.8 Å². The Morgan fingerprint density at radius 2 is 1.71 bits per heavy atom. The fraction of sp³-hybridized carbons (Fsp3) is 0.529. The van der Waals surface area contributed by atoms with E-state index in [1.54, 1.807) is 0 Å². The summed E-state index contributed by atoms with van der Waals surface area (Å²) < 4.78 is 0. The lowest BCUT2D eigenvalue weighted by molar-refractivity contribution is -0.144. The van der Waals surface area contributed by atoms with Crippen LogP contribution in [0.15, 0.2) is 30.3 Å². The summed E-state index contributed by atoms with van der Waals surface area (Å²) in [4.78, 5) is 23.7. The van der Waals surface area contributed by atoms with Crippen molar-refractivity contribution in [2.24, 2.45) is 10.8 Å². The van der Waals surface area contributed by atoms with Crippen molar-refractivity contribution in [3.05, 3.63) is 35.9 Å². The van der Waals surface area contributed by atoms with Crippen LogP contribution in [0.2, 0.25) is 0 Å². The molecule has 2 fully saturated rings.